The highest BCUT2D eigenvalue weighted by atomic mass is 32.2. The molecule has 0 bridgehead atoms. The first-order valence-electron chi connectivity index (χ1n) is 10.7. The van der Waals surface area contributed by atoms with Gasteiger partial charge in [0.05, 0.1) is 47.7 Å². The van der Waals surface area contributed by atoms with E-state index in [1.165, 1.54) is 12.1 Å². The molecule has 3 aromatic rings. The zero-order chi connectivity index (χ0) is 24.6. The molecule has 0 spiro atoms. The van der Waals surface area contributed by atoms with Crippen molar-refractivity contribution in [1.29, 1.82) is 0 Å². The van der Waals surface area contributed by atoms with E-state index in [1.54, 1.807) is 0 Å². The van der Waals surface area contributed by atoms with Crippen molar-refractivity contribution >= 4 is 22.4 Å². The van der Waals surface area contributed by atoms with Gasteiger partial charge < -0.3 is 24.2 Å². The van der Waals surface area contributed by atoms with Crippen LogP contribution in [0.3, 0.4) is 0 Å². The van der Waals surface area contributed by atoms with Crippen molar-refractivity contribution in [3.05, 3.63) is 72.8 Å². The summed E-state index contributed by atoms with van der Waals surface area (Å²) in [4.78, 5) is 2.19. The Labute approximate surface area is 201 Å². The Kier molecular flexibility index (Phi) is 6.41. The van der Waals surface area contributed by atoms with Gasteiger partial charge in [0.1, 0.15) is 16.7 Å². The zero-order valence-electron chi connectivity index (χ0n) is 18.1. The van der Waals surface area contributed by atoms with Gasteiger partial charge in [-0.15, -0.1) is 13.2 Å². The minimum Gasteiger partial charge on any atom is -0.453 e. The molecule has 1 unspecified atom stereocenters. The summed E-state index contributed by atoms with van der Waals surface area (Å²) in [5.41, 5.74) is 1.53. The molecule has 0 saturated carbocycles. The van der Waals surface area contributed by atoms with Crippen molar-refractivity contribution in [2.24, 2.45) is 0 Å². The molecule has 0 aliphatic carbocycles. The predicted octanol–water partition coefficient (Wildman–Crippen LogP) is 4.27. The summed E-state index contributed by atoms with van der Waals surface area (Å²) in [6.45, 7) is 0.324. The number of hydrogen-bond donors (Lipinski definition) is 2. The SMILES string of the molecule is O=S(N[C@@H]1COC[C@H](N2c3ccccc3Oc3ccccc32)[C@H]1O)c1ccc(OC(F)(F)F)cc1. The Bertz CT molecular complexity index is 1180. The van der Waals surface area contributed by atoms with E-state index >= 15 is 0 Å². The van der Waals surface area contributed by atoms with Crippen molar-refractivity contribution in [3.8, 4) is 17.2 Å². The standard InChI is InChI=1S/C24H21F3N2O5S/c25-24(26,27)34-15-9-11-16(12-10-15)35(31)28-17-13-32-14-20(23(17)30)29-18-5-1-3-7-21(18)33-22-8-4-2-6-19(22)29/h1-12,17,20,23,28,30H,13-14H2/t17-,20+,23+,35?/m1/s1. The Hall–Kier alpha value is -3.12. The first-order chi connectivity index (χ1) is 16.8. The fraction of sp³-hybridized carbons (Fsp3) is 0.250. The fourth-order valence-corrected chi connectivity index (χ4v) is 5.17. The number of nitrogens with one attached hydrogen (secondary N) is 1. The van der Waals surface area contributed by atoms with E-state index in [-0.39, 0.29) is 18.1 Å². The summed E-state index contributed by atoms with van der Waals surface area (Å²) in [6, 6.07) is 18.4. The van der Waals surface area contributed by atoms with Gasteiger partial charge in [-0.3, -0.25) is 0 Å². The van der Waals surface area contributed by atoms with E-state index in [0.717, 1.165) is 23.5 Å². The molecule has 0 radical (unpaired) electrons. The van der Waals surface area contributed by atoms with Crippen LogP contribution in [0.5, 0.6) is 17.2 Å². The van der Waals surface area contributed by atoms with Crippen LogP contribution >= 0.6 is 0 Å². The maximum atomic E-state index is 12.9. The molecular formula is C24H21F3N2O5S. The van der Waals surface area contributed by atoms with Gasteiger partial charge in [-0.2, -0.15) is 0 Å². The van der Waals surface area contributed by atoms with Crippen LogP contribution in [0.25, 0.3) is 0 Å². The lowest BCUT2D eigenvalue weighted by molar-refractivity contribution is -0.274. The van der Waals surface area contributed by atoms with Gasteiger partial charge in [-0.25, -0.2) is 8.93 Å². The molecule has 5 rings (SSSR count). The Morgan fingerprint density at radius 2 is 1.54 bits per heavy atom. The predicted molar refractivity (Wildman–Crippen MR) is 122 cm³/mol. The lowest BCUT2D eigenvalue weighted by Crippen LogP contribution is -2.59. The van der Waals surface area contributed by atoms with Gasteiger partial charge >= 0.3 is 6.36 Å². The number of halogens is 3. The summed E-state index contributed by atoms with van der Waals surface area (Å²) in [7, 11) is -1.81. The van der Waals surface area contributed by atoms with Gasteiger partial charge in [0, 0.05) is 0 Å². The number of nitrogens with zero attached hydrogens (tertiary/aromatic N) is 1. The first-order valence-corrected chi connectivity index (χ1v) is 11.9. The second-order valence-electron chi connectivity index (χ2n) is 8.02. The second-order valence-corrected chi connectivity index (χ2v) is 9.26. The Morgan fingerprint density at radius 1 is 0.943 bits per heavy atom. The lowest BCUT2D eigenvalue weighted by atomic mass is 9.98. The maximum absolute atomic E-state index is 12.9. The fourth-order valence-electron chi connectivity index (χ4n) is 4.17. The Morgan fingerprint density at radius 3 is 2.14 bits per heavy atom. The number of anilines is 2. The van der Waals surface area contributed by atoms with Crippen molar-refractivity contribution in [1.82, 2.24) is 4.72 Å². The molecule has 0 aromatic heterocycles. The van der Waals surface area contributed by atoms with Crippen LogP contribution in [0.4, 0.5) is 24.5 Å². The molecule has 4 atom stereocenters. The number of fused-ring (bicyclic) bond motifs is 2. The molecule has 35 heavy (non-hydrogen) atoms. The van der Waals surface area contributed by atoms with Crippen LogP contribution in [0.15, 0.2) is 77.7 Å². The van der Waals surface area contributed by atoms with Gasteiger partial charge in [-0.1, -0.05) is 24.3 Å². The van der Waals surface area contributed by atoms with Crippen molar-refractivity contribution < 1.29 is 36.7 Å². The molecule has 2 aliphatic heterocycles. The number of rotatable bonds is 5. The summed E-state index contributed by atoms with van der Waals surface area (Å²) in [6.07, 6.45) is -5.80. The molecule has 2 N–H and O–H groups in total. The van der Waals surface area contributed by atoms with E-state index in [1.807, 2.05) is 53.4 Å². The van der Waals surface area contributed by atoms with Crippen LogP contribution in [0.2, 0.25) is 0 Å². The van der Waals surface area contributed by atoms with Crippen molar-refractivity contribution in [2.45, 2.75) is 29.4 Å². The highest BCUT2D eigenvalue weighted by molar-refractivity contribution is 7.83. The Balaban J connectivity index is 1.35. The van der Waals surface area contributed by atoms with E-state index in [2.05, 4.69) is 9.46 Å². The van der Waals surface area contributed by atoms with Crippen LogP contribution < -0.4 is 19.1 Å². The summed E-state index contributed by atoms with van der Waals surface area (Å²) in [5, 5.41) is 11.3. The number of hydrogen-bond acceptors (Lipinski definition) is 6. The van der Waals surface area contributed by atoms with E-state index in [4.69, 9.17) is 9.47 Å². The normalized spacial score (nSPS) is 22.5. The number of alkyl halides is 3. The summed E-state index contributed by atoms with van der Waals surface area (Å²) in [5.74, 6) is 0.862. The molecule has 11 heteroatoms. The van der Waals surface area contributed by atoms with Gasteiger partial charge in [0.15, 0.2) is 11.5 Å². The van der Waals surface area contributed by atoms with Gasteiger partial charge in [0.25, 0.3) is 0 Å². The molecule has 3 aromatic carbocycles. The monoisotopic (exact) mass is 506 g/mol. The second kappa shape index (κ2) is 9.50. The number of benzene rings is 3. The minimum atomic E-state index is -4.81. The smallest absolute Gasteiger partial charge is 0.453 e. The molecule has 0 amide bonds. The zero-order valence-corrected chi connectivity index (χ0v) is 19.0. The molecule has 2 aliphatic rings. The average molecular weight is 507 g/mol. The molecule has 7 nitrogen and oxygen atoms in total. The highest BCUT2D eigenvalue weighted by Gasteiger charge is 2.41. The van der Waals surface area contributed by atoms with Crippen molar-refractivity contribution in [2.75, 3.05) is 18.1 Å². The number of aliphatic hydroxyl groups excluding tert-OH is 1. The van der Waals surface area contributed by atoms with Crippen LogP contribution in [0.1, 0.15) is 0 Å². The number of ether oxygens (including phenoxy) is 3. The van der Waals surface area contributed by atoms with Crippen LogP contribution in [-0.2, 0) is 15.7 Å². The third-order valence-electron chi connectivity index (χ3n) is 5.72. The van der Waals surface area contributed by atoms with Crippen molar-refractivity contribution in [3.63, 3.8) is 0 Å². The molecular weight excluding hydrogens is 485 g/mol. The van der Waals surface area contributed by atoms with E-state index in [0.29, 0.717) is 11.5 Å². The topological polar surface area (TPSA) is 80.3 Å². The number of para-hydroxylation sites is 4. The third kappa shape index (κ3) is 4.98. The molecule has 184 valence electrons. The van der Waals surface area contributed by atoms with Crippen LogP contribution in [-0.4, -0.2) is 47.1 Å². The van der Waals surface area contributed by atoms with Crippen LogP contribution in [0, 0.1) is 0 Å². The molecule has 1 saturated heterocycles. The first kappa shape index (κ1) is 23.6. The largest absolute Gasteiger partial charge is 0.573 e. The summed E-state index contributed by atoms with van der Waals surface area (Å²) < 4.78 is 68.5. The highest BCUT2D eigenvalue weighted by Crippen LogP contribution is 2.48. The molecule has 1 fully saturated rings. The van der Waals surface area contributed by atoms with Gasteiger partial charge in [0.2, 0.25) is 0 Å². The quantitative estimate of drug-likeness (QED) is 0.538. The van der Waals surface area contributed by atoms with E-state index in [9.17, 15) is 22.5 Å². The van der Waals surface area contributed by atoms with E-state index < -0.39 is 41.3 Å². The number of aliphatic hydroxyl groups is 1. The summed E-state index contributed by atoms with van der Waals surface area (Å²) >= 11 is 0. The van der Waals surface area contributed by atoms with Gasteiger partial charge in [-0.05, 0) is 48.5 Å². The maximum Gasteiger partial charge on any atom is 0.573 e. The molecule has 2 heterocycles. The third-order valence-corrected chi connectivity index (χ3v) is 6.94. The lowest BCUT2D eigenvalue weighted by Gasteiger charge is -2.44. The average Bonchev–Trinajstić information content (AvgIpc) is 2.83. The minimum absolute atomic E-state index is 0.103.